The number of carbonyl (C=O) groups is 1. The third kappa shape index (κ3) is 4.59. The van der Waals surface area contributed by atoms with Crippen LogP contribution in [0.5, 0.6) is 5.88 Å². The highest BCUT2D eigenvalue weighted by Gasteiger charge is 2.18. The number of rotatable bonds is 5. The van der Waals surface area contributed by atoms with Crippen LogP contribution in [0.25, 0.3) is 0 Å². The number of aromatic hydroxyl groups is 1. The van der Waals surface area contributed by atoms with Gasteiger partial charge in [-0.25, -0.2) is 0 Å². The van der Waals surface area contributed by atoms with Gasteiger partial charge in [-0.1, -0.05) is 0 Å². The molecule has 21 heavy (non-hydrogen) atoms. The minimum Gasteiger partial charge on any atom is -0.494 e. The van der Waals surface area contributed by atoms with Gasteiger partial charge in [0.05, 0.1) is 0 Å². The molecule has 1 amide bonds. The number of amides is 1. The van der Waals surface area contributed by atoms with Crippen molar-refractivity contribution in [3.8, 4) is 11.9 Å². The number of hydrogen-bond donors (Lipinski definition) is 3. The minimum absolute atomic E-state index is 0.0469. The van der Waals surface area contributed by atoms with Gasteiger partial charge in [-0.15, -0.1) is 0 Å². The Kier molecular flexibility index (Phi) is 5.07. The monoisotopic (exact) mass is 315 g/mol. The number of hydrogen-bond acceptors (Lipinski definition) is 6. The Morgan fingerprint density at radius 3 is 2.62 bits per heavy atom. The molecular weight excluding hydrogens is 302 g/mol. The molecule has 114 valence electrons. The van der Waals surface area contributed by atoms with E-state index in [0.717, 1.165) is 10.6 Å². The van der Waals surface area contributed by atoms with Crippen molar-refractivity contribution in [3.05, 3.63) is 27.5 Å². The predicted molar refractivity (Wildman–Crippen MR) is 71.0 cm³/mol. The lowest BCUT2D eigenvalue weighted by atomic mass is 10.1. The van der Waals surface area contributed by atoms with Gasteiger partial charge in [-0.05, 0) is 5.56 Å². The zero-order valence-corrected chi connectivity index (χ0v) is 11.8. The number of carbonyl (C=O) groups excluding carboxylic acids is 1. The van der Waals surface area contributed by atoms with Gasteiger partial charge >= 0.3 is 0 Å². The topological polar surface area (TPSA) is 149 Å². The van der Waals surface area contributed by atoms with E-state index < -0.39 is 32.9 Å². The summed E-state index contributed by atoms with van der Waals surface area (Å²) in [6.07, 6.45) is 0. The molecule has 0 atom stereocenters. The van der Waals surface area contributed by atoms with Crippen LogP contribution in [0.4, 0.5) is 0 Å². The highest BCUT2D eigenvalue weighted by molar-refractivity contribution is 7.85. The van der Waals surface area contributed by atoms with Crippen LogP contribution in [0.1, 0.15) is 18.1 Å². The van der Waals surface area contributed by atoms with E-state index >= 15 is 0 Å². The standard InChI is InChI=1S/C11H13N3O6S/c1-7(15)13-2-3-14-10(16)4-8(6-21(18,19)20)9(5-12)11(14)17/h4,16H,2-3,6H2,1H3,(H,13,15)(H,18,19,20). The molecule has 0 spiro atoms. The first-order chi connectivity index (χ1) is 9.65. The predicted octanol–water partition coefficient (Wildman–Crippen LogP) is -1.05. The van der Waals surface area contributed by atoms with Crippen LogP contribution < -0.4 is 10.9 Å². The van der Waals surface area contributed by atoms with Crippen molar-refractivity contribution in [1.82, 2.24) is 9.88 Å². The van der Waals surface area contributed by atoms with Crippen molar-refractivity contribution in [1.29, 1.82) is 5.26 Å². The molecule has 0 radical (unpaired) electrons. The molecule has 1 rings (SSSR count). The normalized spacial score (nSPS) is 10.9. The third-order valence-corrected chi connectivity index (χ3v) is 3.19. The molecule has 10 heteroatoms. The molecule has 0 unspecified atom stereocenters. The molecule has 0 aliphatic carbocycles. The van der Waals surface area contributed by atoms with Crippen LogP contribution in [0, 0.1) is 11.3 Å². The molecule has 0 aliphatic rings. The Morgan fingerprint density at radius 2 is 2.14 bits per heavy atom. The Labute approximate surface area is 120 Å². The first-order valence-corrected chi connectivity index (χ1v) is 7.32. The van der Waals surface area contributed by atoms with Gasteiger partial charge in [-0.2, -0.15) is 13.7 Å². The van der Waals surface area contributed by atoms with Gasteiger partial charge in [0.1, 0.15) is 17.4 Å². The van der Waals surface area contributed by atoms with E-state index in [9.17, 15) is 23.1 Å². The number of nitrogens with zero attached hydrogens (tertiary/aromatic N) is 2. The molecule has 1 aromatic rings. The maximum atomic E-state index is 12.0. The number of aromatic nitrogens is 1. The van der Waals surface area contributed by atoms with Crippen LogP contribution in [0.15, 0.2) is 10.9 Å². The first kappa shape index (κ1) is 16.7. The van der Waals surface area contributed by atoms with Crippen LogP contribution in [0.3, 0.4) is 0 Å². The first-order valence-electron chi connectivity index (χ1n) is 5.71. The van der Waals surface area contributed by atoms with Crippen LogP contribution >= 0.6 is 0 Å². The van der Waals surface area contributed by atoms with Gasteiger partial charge in [0.25, 0.3) is 15.7 Å². The lowest BCUT2D eigenvalue weighted by Crippen LogP contribution is -2.31. The second-order valence-electron chi connectivity index (χ2n) is 4.18. The van der Waals surface area contributed by atoms with Gasteiger partial charge in [0.15, 0.2) is 5.88 Å². The van der Waals surface area contributed by atoms with E-state index in [1.807, 2.05) is 0 Å². The zero-order chi connectivity index (χ0) is 16.2. The van der Waals surface area contributed by atoms with E-state index in [4.69, 9.17) is 9.81 Å². The molecule has 0 saturated carbocycles. The number of nitriles is 1. The van der Waals surface area contributed by atoms with Crippen molar-refractivity contribution < 1.29 is 22.9 Å². The van der Waals surface area contributed by atoms with E-state index in [1.165, 1.54) is 6.92 Å². The summed E-state index contributed by atoms with van der Waals surface area (Å²) in [7, 11) is -4.45. The van der Waals surface area contributed by atoms with Crippen molar-refractivity contribution in [2.45, 2.75) is 19.2 Å². The molecule has 9 nitrogen and oxygen atoms in total. The van der Waals surface area contributed by atoms with Crippen molar-refractivity contribution >= 4 is 16.0 Å². The fraction of sp³-hybridized carbons (Fsp3) is 0.364. The van der Waals surface area contributed by atoms with Gasteiger partial charge in [-0.3, -0.25) is 18.7 Å². The molecule has 0 aliphatic heterocycles. The summed E-state index contributed by atoms with van der Waals surface area (Å²) in [6.45, 7) is 1.23. The summed E-state index contributed by atoms with van der Waals surface area (Å²) >= 11 is 0. The Morgan fingerprint density at radius 1 is 1.52 bits per heavy atom. The average molecular weight is 315 g/mol. The average Bonchev–Trinajstić information content (AvgIpc) is 2.31. The number of nitrogens with one attached hydrogen (secondary N) is 1. The molecule has 3 N–H and O–H groups in total. The van der Waals surface area contributed by atoms with Crippen LogP contribution in [-0.4, -0.2) is 35.1 Å². The summed E-state index contributed by atoms with van der Waals surface area (Å²) in [5.74, 6) is -1.85. The SMILES string of the molecule is CC(=O)NCCn1c(O)cc(CS(=O)(=O)O)c(C#N)c1=O. The van der Waals surface area contributed by atoms with E-state index in [0.29, 0.717) is 0 Å². The second-order valence-corrected chi connectivity index (χ2v) is 5.63. The third-order valence-electron chi connectivity index (χ3n) is 2.52. The number of pyridine rings is 1. The molecule has 0 bridgehead atoms. The summed E-state index contributed by atoms with van der Waals surface area (Å²) in [5, 5.41) is 21.1. The van der Waals surface area contributed by atoms with Crippen LogP contribution in [0.2, 0.25) is 0 Å². The van der Waals surface area contributed by atoms with E-state index in [-0.39, 0.29) is 24.6 Å². The van der Waals surface area contributed by atoms with Gasteiger partial charge in [0.2, 0.25) is 5.91 Å². The molecule has 0 fully saturated rings. The Bertz CT molecular complexity index is 759. The summed E-state index contributed by atoms with van der Waals surface area (Å²) in [4.78, 5) is 22.7. The second kappa shape index (κ2) is 6.38. The molecule has 1 aromatic heterocycles. The lowest BCUT2D eigenvalue weighted by Gasteiger charge is -2.11. The Balaban J connectivity index is 3.23. The molecule has 0 saturated heterocycles. The summed E-state index contributed by atoms with van der Waals surface area (Å²) in [5.41, 5.74) is -1.69. The summed E-state index contributed by atoms with van der Waals surface area (Å²) in [6, 6.07) is 2.46. The fourth-order valence-electron chi connectivity index (χ4n) is 1.67. The van der Waals surface area contributed by atoms with Gasteiger partial charge < -0.3 is 10.4 Å². The maximum absolute atomic E-state index is 12.0. The highest BCUT2D eigenvalue weighted by Crippen LogP contribution is 2.15. The molecule has 0 aromatic carbocycles. The largest absolute Gasteiger partial charge is 0.494 e. The fourth-order valence-corrected chi connectivity index (χ4v) is 2.29. The van der Waals surface area contributed by atoms with Crippen molar-refractivity contribution in [2.75, 3.05) is 6.54 Å². The molecule has 1 heterocycles. The zero-order valence-electron chi connectivity index (χ0n) is 11.0. The van der Waals surface area contributed by atoms with E-state index in [2.05, 4.69) is 5.32 Å². The lowest BCUT2D eigenvalue weighted by molar-refractivity contribution is -0.119. The quantitative estimate of drug-likeness (QED) is 0.587. The Hall–Kier alpha value is -2.38. The maximum Gasteiger partial charge on any atom is 0.271 e. The minimum atomic E-state index is -4.45. The van der Waals surface area contributed by atoms with Crippen LogP contribution in [-0.2, 0) is 27.2 Å². The highest BCUT2D eigenvalue weighted by atomic mass is 32.2. The smallest absolute Gasteiger partial charge is 0.271 e. The van der Waals surface area contributed by atoms with Gasteiger partial charge in [0, 0.05) is 26.1 Å². The van der Waals surface area contributed by atoms with E-state index in [1.54, 1.807) is 6.07 Å². The summed E-state index contributed by atoms with van der Waals surface area (Å²) < 4.78 is 31.3. The van der Waals surface area contributed by atoms with Crippen molar-refractivity contribution in [2.24, 2.45) is 0 Å². The molecular formula is C11H13N3O6S. The van der Waals surface area contributed by atoms with Crippen molar-refractivity contribution in [3.63, 3.8) is 0 Å².